The van der Waals surface area contributed by atoms with E-state index in [0.29, 0.717) is 5.56 Å². The van der Waals surface area contributed by atoms with Crippen LogP contribution in [0.5, 0.6) is 0 Å². The number of hydrogen-bond donors (Lipinski definition) is 1. The second-order valence-corrected chi connectivity index (χ2v) is 6.08. The van der Waals surface area contributed by atoms with Crippen LogP contribution in [0.3, 0.4) is 0 Å². The molecule has 2 rings (SSSR count). The predicted octanol–water partition coefficient (Wildman–Crippen LogP) is 4.50. The third-order valence-corrected chi connectivity index (χ3v) is 4.50. The van der Waals surface area contributed by atoms with Gasteiger partial charge in [-0.25, -0.2) is 4.79 Å². The van der Waals surface area contributed by atoms with Gasteiger partial charge in [0.2, 0.25) is 0 Å². The van der Waals surface area contributed by atoms with Crippen molar-refractivity contribution in [1.29, 1.82) is 0 Å². The molecule has 0 bridgehead atoms. The van der Waals surface area contributed by atoms with Gasteiger partial charge in [-0.2, -0.15) is 11.3 Å². The molecular weight excluding hydrogens is 320 g/mol. The molecule has 1 N–H and O–H groups in total. The zero-order chi connectivity index (χ0) is 12.3. The minimum Gasteiger partial charge on any atom is -0.478 e. The van der Waals surface area contributed by atoms with Crippen LogP contribution in [0.1, 0.15) is 15.9 Å². The lowest BCUT2D eigenvalue weighted by Gasteiger charge is -2.05. The number of rotatable bonds is 4. The zero-order valence-corrected chi connectivity index (χ0v) is 11.9. The minimum absolute atomic E-state index is 0.355. The van der Waals surface area contributed by atoms with Crippen LogP contribution in [0.25, 0.3) is 0 Å². The van der Waals surface area contributed by atoms with E-state index in [1.54, 1.807) is 35.2 Å². The van der Waals surface area contributed by atoms with Crippen molar-refractivity contribution in [1.82, 2.24) is 0 Å². The largest absolute Gasteiger partial charge is 0.478 e. The number of thioether (sulfide) groups is 1. The molecule has 17 heavy (non-hydrogen) atoms. The zero-order valence-electron chi connectivity index (χ0n) is 8.72. The highest BCUT2D eigenvalue weighted by Gasteiger charge is 2.10. The summed E-state index contributed by atoms with van der Waals surface area (Å²) >= 11 is 6.55. The van der Waals surface area contributed by atoms with Crippen LogP contribution < -0.4 is 0 Å². The van der Waals surface area contributed by atoms with Crippen LogP contribution >= 0.6 is 39.0 Å². The Morgan fingerprint density at radius 3 is 2.88 bits per heavy atom. The summed E-state index contributed by atoms with van der Waals surface area (Å²) in [6.45, 7) is 0. The van der Waals surface area contributed by atoms with E-state index in [9.17, 15) is 4.79 Å². The van der Waals surface area contributed by atoms with E-state index in [1.165, 1.54) is 5.56 Å². The third-order valence-electron chi connectivity index (χ3n) is 2.15. The van der Waals surface area contributed by atoms with Crippen molar-refractivity contribution in [3.05, 3.63) is 50.6 Å². The van der Waals surface area contributed by atoms with Crippen LogP contribution in [-0.2, 0) is 5.75 Å². The lowest BCUT2D eigenvalue weighted by Crippen LogP contribution is -1.98. The SMILES string of the molecule is O=C(O)c1ccc(Br)cc1SCc1ccsc1. The second-order valence-electron chi connectivity index (χ2n) is 3.37. The highest BCUT2D eigenvalue weighted by molar-refractivity contribution is 9.10. The van der Waals surface area contributed by atoms with Gasteiger partial charge in [0.05, 0.1) is 5.56 Å². The second kappa shape index (κ2) is 5.71. The first-order valence-electron chi connectivity index (χ1n) is 4.83. The molecule has 1 aromatic heterocycles. The van der Waals surface area contributed by atoms with Gasteiger partial charge in [-0.15, -0.1) is 11.8 Å². The number of carbonyl (C=O) groups is 1. The van der Waals surface area contributed by atoms with E-state index in [-0.39, 0.29) is 0 Å². The van der Waals surface area contributed by atoms with Crippen LogP contribution in [0.15, 0.2) is 44.4 Å². The van der Waals surface area contributed by atoms with Gasteiger partial charge in [-0.05, 0) is 40.6 Å². The van der Waals surface area contributed by atoms with Gasteiger partial charge in [0, 0.05) is 15.1 Å². The van der Waals surface area contributed by atoms with Crippen molar-refractivity contribution in [2.75, 3.05) is 0 Å². The first-order chi connectivity index (χ1) is 8.16. The molecule has 1 heterocycles. The summed E-state index contributed by atoms with van der Waals surface area (Å²) in [6, 6.07) is 7.27. The first kappa shape index (κ1) is 12.7. The van der Waals surface area contributed by atoms with Crippen molar-refractivity contribution in [2.24, 2.45) is 0 Å². The molecule has 0 saturated heterocycles. The molecule has 0 unspecified atom stereocenters. The predicted molar refractivity (Wildman–Crippen MR) is 75.0 cm³/mol. The van der Waals surface area contributed by atoms with Gasteiger partial charge in [0.25, 0.3) is 0 Å². The Balaban J connectivity index is 2.19. The van der Waals surface area contributed by atoms with E-state index in [2.05, 4.69) is 27.4 Å². The van der Waals surface area contributed by atoms with Gasteiger partial charge < -0.3 is 5.11 Å². The fraction of sp³-hybridized carbons (Fsp3) is 0.0833. The van der Waals surface area contributed by atoms with E-state index >= 15 is 0 Å². The highest BCUT2D eigenvalue weighted by Crippen LogP contribution is 2.29. The number of benzene rings is 1. The molecule has 0 aliphatic rings. The third kappa shape index (κ3) is 3.34. The molecule has 0 aliphatic heterocycles. The monoisotopic (exact) mass is 328 g/mol. The number of carboxylic acids is 1. The van der Waals surface area contributed by atoms with Gasteiger partial charge in [-0.1, -0.05) is 15.9 Å². The van der Waals surface area contributed by atoms with Crippen molar-refractivity contribution < 1.29 is 9.90 Å². The van der Waals surface area contributed by atoms with Crippen LogP contribution in [0, 0.1) is 0 Å². The Morgan fingerprint density at radius 2 is 2.24 bits per heavy atom. The Kier molecular flexibility index (Phi) is 4.25. The maximum atomic E-state index is 11.1. The maximum absolute atomic E-state index is 11.1. The van der Waals surface area contributed by atoms with E-state index in [0.717, 1.165) is 15.1 Å². The molecule has 0 radical (unpaired) electrons. The van der Waals surface area contributed by atoms with Crippen molar-refractivity contribution in [3.63, 3.8) is 0 Å². The summed E-state index contributed by atoms with van der Waals surface area (Å²) in [5.41, 5.74) is 1.57. The fourth-order valence-corrected chi connectivity index (χ4v) is 3.64. The van der Waals surface area contributed by atoms with Gasteiger partial charge >= 0.3 is 5.97 Å². The first-order valence-corrected chi connectivity index (χ1v) is 7.55. The number of thiophene rings is 1. The molecule has 2 nitrogen and oxygen atoms in total. The van der Waals surface area contributed by atoms with Gasteiger partial charge in [0.15, 0.2) is 0 Å². The lowest BCUT2D eigenvalue weighted by molar-refractivity contribution is 0.0693. The van der Waals surface area contributed by atoms with E-state index in [4.69, 9.17) is 5.11 Å². The molecule has 0 spiro atoms. The molecule has 0 saturated carbocycles. The van der Waals surface area contributed by atoms with Crippen molar-refractivity contribution in [3.8, 4) is 0 Å². The molecule has 5 heteroatoms. The topological polar surface area (TPSA) is 37.3 Å². The molecule has 0 amide bonds. The summed E-state index contributed by atoms with van der Waals surface area (Å²) in [5, 5.41) is 13.2. The Bertz CT molecular complexity index is 523. The standard InChI is InChI=1S/C12H9BrO2S2/c13-9-1-2-10(12(14)15)11(5-9)17-7-8-3-4-16-6-8/h1-6H,7H2,(H,14,15). The lowest BCUT2D eigenvalue weighted by atomic mass is 10.2. The van der Waals surface area contributed by atoms with Crippen molar-refractivity contribution >= 4 is 45.0 Å². The van der Waals surface area contributed by atoms with Gasteiger partial charge in [0.1, 0.15) is 0 Å². The minimum atomic E-state index is -0.884. The van der Waals surface area contributed by atoms with E-state index < -0.39 is 5.97 Å². The molecule has 1 aromatic carbocycles. The molecule has 88 valence electrons. The number of hydrogen-bond acceptors (Lipinski definition) is 3. The van der Waals surface area contributed by atoms with Crippen LogP contribution in [0.2, 0.25) is 0 Å². The highest BCUT2D eigenvalue weighted by atomic mass is 79.9. The maximum Gasteiger partial charge on any atom is 0.336 e. The number of carboxylic acid groups (broad SMARTS) is 1. The number of halogens is 1. The Morgan fingerprint density at radius 1 is 1.41 bits per heavy atom. The average molecular weight is 329 g/mol. The molecule has 0 aliphatic carbocycles. The molecule has 0 atom stereocenters. The van der Waals surface area contributed by atoms with Crippen LogP contribution in [-0.4, -0.2) is 11.1 Å². The summed E-state index contributed by atoms with van der Waals surface area (Å²) < 4.78 is 0.898. The smallest absolute Gasteiger partial charge is 0.336 e. The fourth-order valence-electron chi connectivity index (χ4n) is 1.33. The quantitative estimate of drug-likeness (QED) is 0.839. The molecule has 2 aromatic rings. The Hall–Kier alpha value is -0.780. The van der Waals surface area contributed by atoms with E-state index in [1.807, 2.05) is 11.4 Å². The van der Waals surface area contributed by atoms with Crippen molar-refractivity contribution in [2.45, 2.75) is 10.6 Å². The number of aromatic carboxylic acids is 1. The Labute approximate surface area is 116 Å². The summed E-state index contributed by atoms with van der Waals surface area (Å²) in [6.07, 6.45) is 0. The average Bonchev–Trinajstić information content (AvgIpc) is 2.78. The van der Waals surface area contributed by atoms with Crippen LogP contribution in [0.4, 0.5) is 0 Å². The summed E-state index contributed by atoms with van der Waals surface area (Å²) in [7, 11) is 0. The summed E-state index contributed by atoms with van der Waals surface area (Å²) in [5.74, 6) is -0.0921. The molecular formula is C12H9BrO2S2. The summed E-state index contributed by atoms with van der Waals surface area (Å²) in [4.78, 5) is 11.9. The molecule has 0 fully saturated rings. The normalized spacial score (nSPS) is 10.4. The van der Waals surface area contributed by atoms with Gasteiger partial charge in [-0.3, -0.25) is 0 Å².